The van der Waals surface area contributed by atoms with Crippen LogP contribution < -0.4 is 14.8 Å². The third-order valence-electron chi connectivity index (χ3n) is 3.58. The quantitative estimate of drug-likeness (QED) is 0.666. The van der Waals surface area contributed by atoms with Crippen LogP contribution in [0.1, 0.15) is 0 Å². The van der Waals surface area contributed by atoms with Crippen LogP contribution in [-0.4, -0.2) is 38.9 Å². The summed E-state index contributed by atoms with van der Waals surface area (Å²) in [7, 11) is -0.597. The monoisotopic (exact) mass is 409 g/mol. The van der Waals surface area contributed by atoms with Gasteiger partial charge < -0.3 is 14.8 Å². The summed E-state index contributed by atoms with van der Waals surface area (Å²) in [4.78, 5) is 8.24. The highest BCUT2D eigenvalue weighted by atomic mass is 32.2. The summed E-state index contributed by atoms with van der Waals surface area (Å²) in [5.74, 6) is -0.0292. The molecule has 0 aliphatic carbocycles. The van der Waals surface area contributed by atoms with Crippen molar-refractivity contribution in [3.05, 3.63) is 41.5 Å². The lowest BCUT2D eigenvalue weighted by Gasteiger charge is -2.06. The molecule has 0 spiro atoms. The molecule has 0 fully saturated rings. The molecule has 0 saturated carbocycles. The lowest BCUT2D eigenvalue weighted by Crippen LogP contribution is -2.01. The Morgan fingerprint density at radius 1 is 1.07 bits per heavy atom. The van der Waals surface area contributed by atoms with Crippen LogP contribution in [0, 0.1) is 5.82 Å². The van der Waals surface area contributed by atoms with E-state index in [1.165, 1.54) is 37.7 Å². The zero-order chi connectivity index (χ0) is 19.6. The minimum atomic E-state index is -3.61. The largest absolute Gasteiger partial charge is 0.481 e. The fourth-order valence-corrected chi connectivity index (χ4v) is 3.77. The summed E-state index contributed by atoms with van der Waals surface area (Å²) in [6.45, 7) is 0. The molecule has 2 aromatic heterocycles. The number of sulfone groups is 1. The number of hydrogen-bond acceptors (Lipinski definition) is 8. The number of halogens is 1. The third-order valence-corrected chi connectivity index (χ3v) is 5.47. The first-order chi connectivity index (χ1) is 12.8. The van der Waals surface area contributed by atoms with Crippen molar-refractivity contribution in [1.82, 2.24) is 9.97 Å². The summed E-state index contributed by atoms with van der Waals surface area (Å²) < 4.78 is 47.3. The van der Waals surface area contributed by atoms with Gasteiger partial charge in [-0.05, 0) is 18.2 Å². The van der Waals surface area contributed by atoms with Crippen molar-refractivity contribution in [2.24, 2.45) is 0 Å². The van der Waals surface area contributed by atoms with Gasteiger partial charge in [-0.2, -0.15) is 4.98 Å². The lowest BCUT2D eigenvalue weighted by atomic mass is 10.2. The number of aromatic nitrogens is 2. The minimum absolute atomic E-state index is 0.344. The first-order valence-corrected chi connectivity index (χ1v) is 10.4. The van der Waals surface area contributed by atoms with E-state index in [0.29, 0.717) is 28.3 Å². The first-order valence-electron chi connectivity index (χ1n) is 7.63. The molecule has 7 nitrogen and oxygen atoms in total. The molecule has 0 saturated heterocycles. The number of thiazole rings is 1. The van der Waals surface area contributed by atoms with E-state index in [4.69, 9.17) is 9.47 Å². The van der Waals surface area contributed by atoms with E-state index in [1.54, 1.807) is 12.1 Å². The highest BCUT2D eigenvalue weighted by Crippen LogP contribution is 2.31. The van der Waals surface area contributed by atoms with Crippen LogP contribution in [-0.2, 0) is 9.84 Å². The fourth-order valence-electron chi connectivity index (χ4n) is 2.30. The number of ether oxygens (including phenoxy) is 2. The highest BCUT2D eigenvalue weighted by molar-refractivity contribution is 7.90. The second-order valence-corrected chi connectivity index (χ2v) is 8.36. The van der Waals surface area contributed by atoms with Crippen molar-refractivity contribution in [3.63, 3.8) is 0 Å². The van der Waals surface area contributed by atoms with E-state index in [2.05, 4.69) is 15.3 Å². The Morgan fingerprint density at radius 2 is 1.74 bits per heavy atom. The normalized spacial score (nSPS) is 11.3. The molecule has 3 aromatic rings. The molecule has 0 aliphatic rings. The zero-order valence-electron chi connectivity index (χ0n) is 14.7. The molecule has 3 rings (SSSR count). The van der Waals surface area contributed by atoms with Crippen molar-refractivity contribution < 1.29 is 22.3 Å². The van der Waals surface area contributed by atoms with E-state index in [-0.39, 0.29) is 4.90 Å². The average Bonchev–Trinajstić information content (AvgIpc) is 3.08. The van der Waals surface area contributed by atoms with Gasteiger partial charge in [-0.3, -0.25) is 0 Å². The van der Waals surface area contributed by atoms with Crippen LogP contribution in [0.2, 0.25) is 0 Å². The highest BCUT2D eigenvalue weighted by Gasteiger charge is 2.15. The maximum Gasteiger partial charge on any atom is 0.216 e. The average molecular weight is 409 g/mol. The van der Waals surface area contributed by atoms with Crippen LogP contribution in [0.5, 0.6) is 11.8 Å². The molecule has 0 amide bonds. The van der Waals surface area contributed by atoms with Crippen molar-refractivity contribution >= 4 is 32.0 Å². The molecule has 0 aliphatic heterocycles. The van der Waals surface area contributed by atoms with E-state index in [0.717, 1.165) is 17.9 Å². The van der Waals surface area contributed by atoms with Crippen molar-refractivity contribution in [1.29, 1.82) is 0 Å². The Labute approximate surface area is 159 Å². The number of anilines is 2. The van der Waals surface area contributed by atoms with Crippen LogP contribution in [0.15, 0.2) is 40.6 Å². The van der Waals surface area contributed by atoms with Crippen LogP contribution >= 0.6 is 11.3 Å². The van der Waals surface area contributed by atoms with Gasteiger partial charge >= 0.3 is 0 Å². The molecule has 2 heterocycles. The van der Waals surface area contributed by atoms with Crippen LogP contribution in [0.25, 0.3) is 11.3 Å². The second-order valence-electron chi connectivity index (χ2n) is 5.52. The van der Waals surface area contributed by atoms with Gasteiger partial charge in [0.25, 0.3) is 0 Å². The van der Waals surface area contributed by atoms with Crippen LogP contribution in [0.4, 0.5) is 15.2 Å². The molecule has 0 radical (unpaired) electrons. The van der Waals surface area contributed by atoms with Crippen molar-refractivity contribution in [3.8, 4) is 23.0 Å². The van der Waals surface area contributed by atoms with Crippen molar-refractivity contribution in [2.75, 3.05) is 25.8 Å². The molecule has 10 heteroatoms. The van der Waals surface area contributed by atoms with Gasteiger partial charge in [-0.1, -0.05) is 0 Å². The van der Waals surface area contributed by atoms with Crippen molar-refractivity contribution in [2.45, 2.75) is 4.90 Å². The molecule has 0 unspecified atom stereocenters. The molecular weight excluding hydrogens is 393 g/mol. The first kappa shape index (κ1) is 19.1. The summed E-state index contributed by atoms with van der Waals surface area (Å²) in [6.07, 6.45) is 0.961. The summed E-state index contributed by atoms with van der Waals surface area (Å²) in [5.41, 5.74) is 1.81. The number of pyridine rings is 1. The van der Waals surface area contributed by atoms with Gasteiger partial charge in [-0.25, -0.2) is 17.8 Å². The fraction of sp³-hybridized carbons (Fsp3) is 0.176. The zero-order valence-corrected chi connectivity index (χ0v) is 16.3. The molecule has 1 aromatic carbocycles. The maximum absolute atomic E-state index is 14.0. The predicted molar refractivity (Wildman–Crippen MR) is 101 cm³/mol. The van der Waals surface area contributed by atoms with Gasteiger partial charge in [0.15, 0.2) is 15.0 Å². The summed E-state index contributed by atoms with van der Waals surface area (Å²) in [5, 5.41) is 5.30. The summed E-state index contributed by atoms with van der Waals surface area (Å²) in [6, 6.07) is 7.28. The third kappa shape index (κ3) is 4.34. The number of hydrogen-bond donors (Lipinski definition) is 1. The number of benzene rings is 1. The molecule has 142 valence electrons. The van der Waals surface area contributed by atoms with Gasteiger partial charge in [0.1, 0.15) is 10.7 Å². The number of nitrogens with zero attached hydrogens (tertiary/aromatic N) is 2. The molecule has 1 N–H and O–H groups in total. The molecule has 0 atom stereocenters. The molecule has 27 heavy (non-hydrogen) atoms. The Hall–Kier alpha value is -2.72. The second kappa shape index (κ2) is 7.49. The lowest BCUT2D eigenvalue weighted by molar-refractivity contribution is 0.365. The minimum Gasteiger partial charge on any atom is -0.481 e. The molecular formula is C17H16FN3O4S2. The van der Waals surface area contributed by atoms with Gasteiger partial charge in [0.05, 0.1) is 19.9 Å². The van der Waals surface area contributed by atoms with Gasteiger partial charge in [0, 0.05) is 35.0 Å². The summed E-state index contributed by atoms with van der Waals surface area (Å²) >= 11 is 1.32. The predicted octanol–water partition coefficient (Wildman–Crippen LogP) is 3.51. The maximum atomic E-state index is 14.0. The SMILES string of the molecule is COc1cc(-c2csc(Nc3ccc(S(C)(=O)=O)c(F)c3)n2)cc(OC)n1. The van der Waals surface area contributed by atoms with E-state index >= 15 is 0 Å². The van der Waals surface area contributed by atoms with Gasteiger partial charge in [0.2, 0.25) is 11.8 Å². The van der Waals surface area contributed by atoms with E-state index < -0.39 is 15.7 Å². The number of nitrogens with one attached hydrogen (secondary N) is 1. The Kier molecular flexibility index (Phi) is 5.29. The Balaban J connectivity index is 1.86. The Bertz CT molecular complexity index is 1060. The van der Waals surface area contributed by atoms with Crippen LogP contribution in [0.3, 0.4) is 0 Å². The molecule has 0 bridgehead atoms. The number of methoxy groups -OCH3 is 2. The van der Waals surface area contributed by atoms with E-state index in [1.807, 2.05) is 5.38 Å². The van der Waals surface area contributed by atoms with Gasteiger partial charge in [-0.15, -0.1) is 11.3 Å². The van der Waals surface area contributed by atoms with E-state index in [9.17, 15) is 12.8 Å². The standard InChI is InChI=1S/C17H16FN3O4S2/c1-24-15-6-10(7-16(21-15)25-2)13-9-26-17(20-13)19-11-4-5-14(12(18)8-11)27(3,22)23/h4-9H,1-3H3,(H,19,20). The Morgan fingerprint density at radius 3 is 2.30 bits per heavy atom. The number of rotatable bonds is 6. The smallest absolute Gasteiger partial charge is 0.216 e. The topological polar surface area (TPSA) is 90.4 Å².